The fourth-order valence-electron chi connectivity index (χ4n) is 2.60. The molecule has 0 bridgehead atoms. The van der Waals surface area contributed by atoms with Crippen LogP contribution in [-0.4, -0.2) is 30.7 Å². The number of nitrogens with one attached hydrogen (secondary N) is 1. The molecule has 0 saturated heterocycles. The number of hydrogen-bond acceptors (Lipinski definition) is 3. The van der Waals surface area contributed by atoms with Crippen molar-refractivity contribution >= 4 is 11.6 Å². The molecular weight excluding hydrogens is 228 g/mol. The minimum absolute atomic E-state index is 0.117. The second-order valence-corrected chi connectivity index (χ2v) is 5.39. The van der Waals surface area contributed by atoms with Crippen molar-refractivity contribution in [3.05, 3.63) is 29.3 Å². The molecule has 1 aromatic rings. The van der Waals surface area contributed by atoms with Crippen LogP contribution in [0.5, 0.6) is 0 Å². The number of carbonyl (C=O) groups excluding carboxylic acids is 1. The number of amides is 1. The van der Waals surface area contributed by atoms with Crippen LogP contribution in [0.25, 0.3) is 0 Å². The van der Waals surface area contributed by atoms with Crippen molar-refractivity contribution in [3.8, 4) is 0 Å². The lowest BCUT2D eigenvalue weighted by molar-refractivity contribution is -0.117. The van der Waals surface area contributed by atoms with E-state index < -0.39 is 5.60 Å². The first-order valence-electron chi connectivity index (χ1n) is 6.13. The van der Waals surface area contributed by atoms with Gasteiger partial charge in [0.1, 0.15) is 0 Å². The average Bonchev–Trinajstić information content (AvgIpc) is 2.53. The Labute approximate surface area is 108 Å². The molecular formula is C14H20N2O2. The topological polar surface area (TPSA) is 52.6 Å². The lowest BCUT2D eigenvalue weighted by atomic mass is 9.90. The molecule has 0 spiro atoms. The van der Waals surface area contributed by atoms with Gasteiger partial charge in [0.25, 0.3) is 0 Å². The molecule has 0 radical (unpaired) electrons. The molecule has 1 aliphatic heterocycles. The Kier molecular flexibility index (Phi) is 3.17. The summed E-state index contributed by atoms with van der Waals surface area (Å²) in [5, 5.41) is 13.3. The van der Waals surface area contributed by atoms with Gasteiger partial charge in [-0.05, 0) is 38.1 Å². The zero-order valence-electron chi connectivity index (χ0n) is 11.3. The Morgan fingerprint density at radius 2 is 2.11 bits per heavy atom. The van der Waals surface area contributed by atoms with Gasteiger partial charge < -0.3 is 15.3 Å². The van der Waals surface area contributed by atoms with Gasteiger partial charge in [-0.15, -0.1) is 0 Å². The van der Waals surface area contributed by atoms with Gasteiger partial charge in [0, 0.05) is 12.7 Å². The number of fused-ring (bicyclic) bond motifs is 1. The molecule has 1 aromatic carbocycles. The van der Waals surface area contributed by atoms with E-state index in [1.807, 2.05) is 25.2 Å². The minimum atomic E-state index is -0.850. The molecule has 98 valence electrons. The number of anilines is 1. The van der Waals surface area contributed by atoms with Gasteiger partial charge in [-0.2, -0.15) is 0 Å². The van der Waals surface area contributed by atoms with Crippen LogP contribution in [0.15, 0.2) is 18.2 Å². The molecule has 4 nitrogen and oxygen atoms in total. The average molecular weight is 248 g/mol. The maximum Gasteiger partial charge on any atom is 0.231 e. The summed E-state index contributed by atoms with van der Waals surface area (Å²) in [7, 11) is 3.62. The number of carbonyl (C=O) groups is 1. The predicted octanol–water partition coefficient (Wildman–Crippen LogP) is 1.24. The van der Waals surface area contributed by atoms with E-state index in [1.165, 1.54) is 0 Å². The molecule has 18 heavy (non-hydrogen) atoms. The number of likely N-dealkylation sites (N-methyl/N-ethyl adjacent to an activating group) is 2. The van der Waals surface area contributed by atoms with E-state index in [0.29, 0.717) is 6.42 Å². The first kappa shape index (κ1) is 13.1. The first-order chi connectivity index (χ1) is 8.34. The van der Waals surface area contributed by atoms with Crippen LogP contribution < -0.4 is 10.2 Å². The van der Waals surface area contributed by atoms with Crippen LogP contribution in [0.4, 0.5) is 5.69 Å². The zero-order valence-corrected chi connectivity index (χ0v) is 11.3. The van der Waals surface area contributed by atoms with Crippen LogP contribution >= 0.6 is 0 Å². The molecule has 1 atom stereocenters. The van der Waals surface area contributed by atoms with E-state index in [9.17, 15) is 9.90 Å². The van der Waals surface area contributed by atoms with Crippen molar-refractivity contribution in [1.82, 2.24) is 5.32 Å². The van der Waals surface area contributed by atoms with Gasteiger partial charge in [-0.3, -0.25) is 4.79 Å². The molecule has 1 heterocycles. The quantitative estimate of drug-likeness (QED) is 0.846. The van der Waals surface area contributed by atoms with Gasteiger partial charge in [0.05, 0.1) is 18.1 Å². The van der Waals surface area contributed by atoms with E-state index in [4.69, 9.17) is 0 Å². The number of nitrogens with zero attached hydrogens (tertiary/aromatic N) is 1. The van der Waals surface area contributed by atoms with E-state index in [0.717, 1.165) is 16.8 Å². The second kappa shape index (κ2) is 4.37. The highest BCUT2D eigenvalue weighted by molar-refractivity contribution is 6.00. The fourth-order valence-corrected chi connectivity index (χ4v) is 2.60. The largest absolute Gasteiger partial charge is 0.388 e. The Morgan fingerprint density at radius 3 is 2.67 bits per heavy atom. The van der Waals surface area contributed by atoms with E-state index in [-0.39, 0.29) is 11.9 Å². The van der Waals surface area contributed by atoms with Crippen molar-refractivity contribution in [1.29, 1.82) is 0 Å². The summed E-state index contributed by atoms with van der Waals surface area (Å²) in [5.74, 6) is 0.117. The predicted molar refractivity (Wildman–Crippen MR) is 71.7 cm³/mol. The molecule has 1 aliphatic rings. The number of aliphatic hydroxyl groups is 1. The maximum atomic E-state index is 11.6. The SMILES string of the molecule is CNC(c1ccc2c(c1)CC(=O)N2C)C(C)(C)O. The Balaban J connectivity index is 2.39. The molecule has 2 N–H and O–H groups in total. The van der Waals surface area contributed by atoms with Gasteiger partial charge >= 0.3 is 0 Å². The third-order valence-corrected chi connectivity index (χ3v) is 3.51. The Bertz CT molecular complexity index is 477. The zero-order chi connectivity index (χ0) is 13.5. The van der Waals surface area contributed by atoms with E-state index in [1.54, 1.807) is 25.8 Å². The summed E-state index contributed by atoms with van der Waals surface area (Å²) in [5.41, 5.74) is 2.16. The number of benzene rings is 1. The van der Waals surface area contributed by atoms with Gasteiger partial charge in [-0.25, -0.2) is 0 Å². The summed E-state index contributed by atoms with van der Waals surface area (Å²) in [4.78, 5) is 13.3. The smallest absolute Gasteiger partial charge is 0.231 e. The van der Waals surface area contributed by atoms with Crippen molar-refractivity contribution in [2.24, 2.45) is 0 Å². The fraction of sp³-hybridized carbons (Fsp3) is 0.500. The highest BCUT2D eigenvalue weighted by Crippen LogP contribution is 2.32. The van der Waals surface area contributed by atoms with Gasteiger partial charge in [-0.1, -0.05) is 12.1 Å². The van der Waals surface area contributed by atoms with E-state index in [2.05, 4.69) is 5.32 Å². The Morgan fingerprint density at radius 1 is 1.44 bits per heavy atom. The summed E-state index contributed by atoms with van der Waals surface area (Å²) in [6.45, 7) is 3.55. The van der Waals surface area contributed by atoms with Gasteiger partial charge in [0.15, 0.2) is 0 Å². The summed E-state index contributed by atoms with van der Waals surface area (Å²) < 4.78 is 0. The van der Waals surface area contributed by atoms with Crippen molar-refractivity contribution in [3.63, 3.8) is 0 Å². The summed E-state index contributed by atoms with van der Waals surface area (Å²) in [6, 6.07) is 5.78. The van der Waals surface area contributed by atoms with E-state index >= 15 is 0 Å². The highest BCUT2D eigenvalue weighted by Gasteiger charge is 2.29. The van der Waals surface area contributed by atoms with Crippen LogP contribution in [0.1, 0.15) is 31.0 Å². The van der Waals surface area contributed by atoms with Crippen LogP contribution in [0, 0.1) is 0 Å². The van der Waals surface area contributed by atoms with Crippen molar-refractivity contribution < 1.29 is 9.90 Å². The molecule has 0 aromatic heterocycles. The minimum Gasteiger partial charge on any atom is -0.388 e. The molecule has 0 saturated carbocycles. The standard InChI is InChI=1S/C14H20N2O2/c1-14(2,18)13(15-3)9-5-6-11-10(7-9)8-12(17)16(11)4/h5-7,13,15,18H,8H2,1-4H3. The molecule has 0 fully saturated rings. The van der Waals surface area contributed by atoms with Crippen LogP contribution in [-0.2, 0) is 11.2 Å². The second-order valence-electron chi connectivity index (χ2n) is 5.39. The molecule has 0 aliphatic carbocycles. The number of rotatable bonds is 3. The Hall–Kier alpha value is -1.39. The van der Waals surface area contributed by atoms with Crippen LogP contribution in [0.2, 0.25) is 0 Å². The number of hydrogen-bond donors (Lipinski definition) is 2. The third-order valence-electron chi connectivity index (χ3n) is 3.51. The van der Waals surface area contributed by atoms with Crippen molar-refractivity contribution in [2.75, 3.05) is 19.0 Å². The maximum absolute atomic E-state index is 11.6. The molecule has 2 rings (SSSR count). The lowest BCUT2D eigenvalue weighted by Crippen LogP contribution is -2.37. The molecule has 4 heteroatoms. The van der Waals surface area contributed by atoms with Gasteiger partial charge in [0.2, 0.25) is 5.91 Å². The normalized spacial score (nSPS) is 16.9. The summed E-state index contributed by atoms with van der Waals surface area (Å²) >= 11 is 0. The highest BCUT2D eigenvalue weighted by atomic mass is 16.3. The monoisotopic (exact) mass is 248 g/mol. The third kappa shape index (κ3) is 2.13. The van der Waals surface area contributed by atoms with Crippen LogP contribution in [0.3, 0.4) is 0 Å². The lowest BCUT2D eigenvalue weighted by Gasteiger charge is -2.29. The summed E-state index contributed by atoms with van der Waals surface area (Å²) in [6.07, 6.45) is 0.446. The molecule has 1 amide bonds. The first-order valence-corrected chi connectivity index (χ1v) is 6.13. The molecule has 1 unspecified atom stereocenters. The van der Waals surface area contributed by atoms with Crippen molar-refractivity contribution in [2.45, 2.75) is 31.9 Å².